The average molecular weight is 217 g/mol. The van der Waals surface area contributed by atoms with E-state index in [4.69, 9.17) is 5.73 Å². The zero-order valence-corrected chi connectivity index (χ0v) is 9.99. The van der Waals surface area contributed by atoms with Gasteiger partial charge in [0.25, 0.3) is 0 Å². The maximum Gasteiger partial charge on any atom is 0.170 e. The third kappa shape index (κ3) is 1.78. The molecule has 1 fully saturated rings. The second-order valence-electron chi connectivity index (χ2n) is 5.11. The minimum atomic E-state index is -0.353. The second-order valence-corrected chi connectivity index (χ2v) is 5.11. The smallest absolute Gasteiger partial charge is 0.170 e. The maximum absolute atomic E-state index is 12.5. The van der Waals surface area contributed by atoms with Crippen LogP contribution in [0.5, 0.6) is 0 Å². The van der Waals surface area contributed by atoms with Gasteiger partial charge in [0.05, 0.1) is 0 Å². The molecule has 2 unspecified atom stereocenters. The molecule has 2 atom stereocenters. The molecule has 0 aliphatic heterocycles. The fourth-order valence-electron chi connectivity index (χ4n) is 2.59. The van der Waals surface area contributed by atoms with Gasteiger partial charge in [0.1, 0.15) is 0 Å². The summed E-state index contributed by atoms with van der Waals surface area (Å²) in [6.45, 7) is 4.02. The highest BCUT2D eigenvalue weighted by molar-refractivity contribution is 6.01. The van der Waals surface area contributed by atoms with Gasteiger partial charge in [-0.05, 0) is 25.8 Å². The van der Waals surface area contributed by atoms with E-state index in [0.29, 0.717) is 0 Å². The lowest BCUT2D eigenvalue weighted by Gasteiger charge is -2.27. The van der Waals surface area contributed by atoms with Crippen LogP contribution in [0.25, 0.3) is 0 Å². The Labute approximate surface area is 96.8 Å². The first-order valence-corrected chi connectivity index (χ1v) is 5.91. The fraction of sp³-hybridized carbons (Fsp3) is 0.500. The molecular formula is C14H19NO. The molecule has 0 aromatic heterocycles. The van der Waals surface area contributed by atoms with Gasteiger partial charge in [-0.3, -0.25) is 4.79 Å². The van der Waals surface area contributed by atoms with Gasteiger partial charge in [-0.2, -0.15) is 0 Å². The van der Waals surface area contributed by atoms with Crippen molar-refractivity contribution in [2.24, 2.45) is 11.1 Å². The predicted molar refractivity (Wildman–Crippen MR) is 65.4 cm³/mol. The highest BCUT2D eigenvalue weighted by Gasteiger charge is 2.42. The Bertz CT molecular complexity index is 413. The fourth-order valence-corrected chi connectivity index (χ4v) is 2.59. The molecule has 1 aliphatic rings. The lowest BCUT2D eigenvalue weighted by molar-refractivity contribution is 0.0802. The first-order chi connectivity index (χ1) is 7.54. The summed E-state index contributed by atoms with van der Waals surface area (Å²) in [4.78, 5) is 12.5. The zero-order valence-electron chi connectivity index (χ0n) is 9.99. The maximum atomic E-state index is 12.5. The number of aryl methyl sites for hydroxylation is 1. The van der Waals surface area contributed by atoms with Crippen molar-refractivity contribution in [1.82, 2.24) is 0 Å². The number of benzene rings is 1. The zero-order chi connectivity index (χ0) is 11.8. The van der Waals surface area contributed by atoms with E-state index in [-0.39, 0.29) is 17.2 Å². The van der Waals surface area contributed by atoms with E-state index in [1.165, 1.54) is 0 Å². The summed E-state index contributed by atoms with van der Waals surface area (Å²) < 4.78 is 0. The van der Waals surface area contributed by atoms with E-state index in [2.05, 4.69) is 0 Å². The van der Waals surface area contributed by atoms with Gasteiger partial charge in [0, 0.05) is 17.0 Å². The van der Waals surface area contributed by atoms with Crippen LogP contribution in [0.1, 0.15) is 42.1 Å². The third-order valence-corrected chi connectivity index (χ3v) is 3.83. The van der Waals surface area contributed by atoms with Crippen molar-refractivity contribution in [3.05, 3.63) is 35.4 Å². The monoisotopic (exact) mass is 217 g/mol. The largest absolute Gasteiger partial charge is 0.327 e. The Balaban J connectivity index is 2.32. The molecule has 2 heteroatoms. The molecule has 2 N–H and O–H groups in total. The predicted octanol–water partition coefficient (Wildman–Crippen LogP) is 2.70. The Morgan fingerprint density at radius 2 is 2.25 bits per heavy atom. The Hall–Kier alpha value is -1.15. The molecule has 1 saturated carbocycles. The average Bonchev–Trinajstić information content (AvgIpc) is 2.59. The van der Waals surface area contributed by atoms with E-state index in [1.54, 1.807) is 0 Å². The van der Waals surface area contributed by atoms with Crippen molar-refractivity contribution in [3.63, 3.8) is 0 Å². The molecular weight excluding hydrogens is 198 g/mol. The molecule has 0 heterocycles. The SMILES string of the molecule is Cc1cccc(C(=O)C2(C)CCCC2N)c1. The topological polar surface area (TPSA) is 43.1 Å². The van der Waals surface area contributed by atoms with E-state index in [1.807, 2.05) is 38.1 Å². The number of ketones is 1. The van der Waals surface area contributed by atoms with Crippen molar-refractivity contribution in [1.29, 1.82) is 0 Å². The molecule has 0 saturated heterocycles. The van der Waals surface area contributed by atoms with Gasteiger partial charge in [0.15, 0.2) is 5.78 Å². The van der Waals surface area contributed by atoms with Gasteiger partial charge >= 0.3 is 0 Å². The second kappa shape index (κ2) is 4.02. The van der Waals surface area contributed by atoms with E-state index in [9.17, 15) is 4.79 Å². The lowest BCUT2D eigenvalue weighted by atomic mass is 9.78. The minimum absolute atomic E-state index is 0.0144. The number of carbonyl (C=O) groups is 1. The van der Waals surface area contributed by atoms with Crippen molar-refractivity contribution >= 4 is 5.78 Å². The van der Waals surface area contributed by atoms with Crippen LogP contribution >= 0.6 is 0 Å². The minimum Gasteiger partial charge on any atom is -0.327 e. The van der Waals surface area contributed by atoms with Gasteiger partial charge in [0.2, 0.25) is 0 Å². The lowest BCUT2D eigenvalue weighted by Crippen LogP contribution is -2.41. The Morgan fingerprint density at radius 3 is 2.81 bits per heavy atom. The molecule has 2 nitrogen and oxygen atoms in total. The summed E-state index contributed by atoms with van der Waals surface area (Å²) in [5.41, 5.74) is 7.65. The molecule has 86 valence electrons. The summed E-state index contributed by atoms with van der Waals surface area (Å²) in [6.07, 6.45) is 2.95. The number of nitrogens with two attached hydrogens (primary N) is 1. The molecule has 2 rings (SSSR count). The quantitative estimate of drug-likeness (QED) is 0.774. The summed E-state index contributed by atoms with van der Waals surface area (Å²) in [6, 6.07) is 7.81. The van der Waals surface area contributed by atoms with Crippen molar-refractivity contribution < 1.29 is 4.79 Å². The van der Waals surface area contributed by atoms with Crippen LogP contribution in [0, 0.1) is 12.3 Å². The number of hydrogen-bond acceptors (Lipinski definition) is 2. The summed E-state index contributed by atoms with van der Waals surface area (Å²) in [5, 5.41) is 0. The highest BCUT2D eigenvalue weighted by atomic mass is 16.1. The summed E-state index contributed by atoms with van der Waals surface area (Å²) >= 11 is 0. The molecule has 1 aromatic carbocycles. The van der Waals surface area contributed by atoms with Gasteiger partial charge in [-0.25, -0.2) is 0 Å². The normalized spacial score (nSPS) is 29.3. The molecule has 0 amide bonds. The first kappa shape index (κ1) is 11.3. The van der Waals surface area contributed by atoms with Crippen LogP contribution in [0.4, 0.5) is 0 Å². The van der Waals surface area contributed by atoms with Gasteiger partial charge < -0.3 is 5.73 Å². The van der Waals surface area contributed by atoms with Crippen LogP contribution in [-0.2, 0) is 0 Å². The number of hydrogen-bond donors (Lipinski definition) is 1. The number of rotatable bonds is 2. The van der Waals surface area contributed by atoms with E-state index in [0.717, 1.165) is 30.4 Å². The number of carbonyl (C=O) groups excluding carboxylic acids is 1. The molecule has 1 aliphatic carbocycles. The van der Waals surface area contributed by atoms with Crippen molar-refractivity contribution in [3.8, 4) is 0 Å². The molecule has 0 bridgehead atoms. The Kier molecular flexibility index (Phi) is 2.85. The summed E-state index contributed by atoms with van der Waals surface area (Å²) in [7, 11) is 0. The Morgan fingerprint density at radius 1 is 1.50 bits per heavy atom. The van der Waals surface area contributed by atoms with Crippen molar-refractivity contribution in [2.45, 2.75) is 39.2 Å². The van der Waals surface area contributed by atoms with Gasteiger partial charge in [-0.15, -0.1) is 0 Å². The first-order valence-electron chi connectivity index (χ1n) is 5.91. The van der Waals surface area contributed by atoms with Crippen LogP contribution in [0.3, 0.4) is 0 Å². The third-order valence-electron chi connectivity index (χ3n) is 3.83. The summed E-state index contributed by atoms with van der Waals surface area (Å²) in [5.74, 6) is 0.209. The standard InChI is InChI=1S/C14H19NO/c1-10-5-3-6-11(9-10)13(16)14(2)8-4-7-12(14)15/h3,5-6,9,12H,4,7-8,15H2,1-2H3. The van der Waals surface area contributed by atoms with Crippen LogP contribution in [-0.4, -0.2) is 11.8 Å². The van der Waals surface area contributed by atoms with Crippen molar-refractivity contribution in [2.75, 3.05) is 0 Å². The number of Topliss-reactive ketones (excluding diaryl/α,β-unsaturated/α-hetero) is 1. The van der Waals surface area contributed by atoms with E-state index < -0.39 is 0 Å². The van der Waals surface area contributed by atoms with Crippen LogP contribution in [0.15, 0.2) is 24.3 Å². The van der Waals surface area contributed by atoms with E-state index >= 15 is 0 Å². The molecule has 0 radical (unpaired) electrons. The van der Waals surface area contributed by atoms with Gasteiger partial charge in [-0.1, -0.05) is 37.1 Å². The van der Waals surface area contributed by atoms with Crippen LogP contribution < -0.4 is 5.73 Å². The molecule has 0 spiro atoms. The molecule has 1 aromatic rings. The molecule has 16 heavy (non-hydrogen) atoms. The van der Waals surface area contributed by atoms with Crippen LogP contribution in [0.2, 0.25) is 0 Å². The highest BCUT2D eigenvalue weighted by Crippen LogP contribution is 2.39.